The van der Waals surface area contributed by atoms with Crippen molar-refractivity contribution in [2.45, 2.75) is 39.7 Å². The van der Waals surface area contributed by atoms with E-state index in [2.05, 4.69) is 27.4 Å². The van der Waals surface area contributed by atoms with E-state index in [0.717, 1.165) is 10.1 Å². The summed E-state index contributed by atoms with van der Waals surface area (Å²) in [5.74, 6) is -0.883. The second-order valence-corrected chi connectivity index (χ2v) is 7.17. The first-order valence-corrected chi connectivity index (χ1v) is 8.26. The predicted molar refractivity (Wildman–Crippen MR) is 101 cm³/mol. The van der Waals surface area contributed by atoms with Gasteiger partial charge in [0.25, 0.3) is 5.56 Å². The average Bonchev–Trinajstić information content (AvgIpc) is 2.58. The molecule has 1 aromatic carbocycles. The Morgan fingerprint density at radius 2 is 1.88 bits per heavy atom. The van der Waals surface area contributed by atoms with Gasteiger partial charge in [-0.15, -0.1) is 6.58 Å². The smallest absolute Gasteiger partial charge is 0.271 e. The highest BCUT2D eigenvalue weighted by atomic mass is 16.3. The maximum absolute atomic E-state index is 13.0. The zero-order valence-corrected chi connectivity index (χ0v) is 15.5. The standard InChI is InChI=1S/C21H22N2O3/c1-6-11-23-19(25)16(12-22)13(2)17(20(23)26)18(24)14-7-9-15(10-8-14)21(3,4)5/h6-10,26H,1,11H2,2-5H3. The van der Waals surface area contributed by atoms with Crippen LogP contribution in [-0.4, -0.2) is 15.5 Å². The lowest BCUT2D eigenvalue weighted by Crippen LogP contribution is -2.26. The van der Waals surface area contributed by atoms with E-state index < -0.39 is 17.2 Å². The zero-order valence-electron chi connectivity index (χ0n) is 15.5. The number of allylic oxidation sites excluding steroid dienone is 1. The fourth-order valence-corrected chi connectivity index (χ4v) is 2.79. The zero-order chi connectivity index (χ0) is 19.6. The second-order valence-electron chi connectivity index (χ2n) is 7.17. The Hall–Kier alpha value is -3.13. The monoisotopic (exact) mass is 350 g/mol. The Morgan fingerprint density at radius 1 is 1.31 bits per heavy atom. The van der Waals surface area contributed by atoms with Crippen molar-refractivity contribution in [1.82, 2.24) is 4.57 Å². The summed E-state index contributed by atoms with van der Waals surface area (Å²) in [6.45, 7) is 11.3. The summed E-state index contributed by atoms with van der Waals surface area (Å²) in [5, 5.41) is 19.8. The van der Waals surface area contributed by atoms with Crippen LogP contribution in [0.5, 0.6) is 5.88 Å². The summed E-state index contributed by atoms with van der Waals surface area (Å²) in [6.07, 6.45) is 1.42. The molecule has 1 aromatic heterocycles. The van der Waals surface area contributed by atoms with Crippen LogP contribution in [0.15, 0.2) is 41.7 Å². The number of benzene rings is 1. The molecule has 0 bridgehead atoms. The SMILES string of the molecule is C=CCn1c(O)c(C(=O)c2ccc(C(C)(C)C)cc2)c(C)c(C#N)c1=O. The number of hydrogen-bond acceptors (Lipinski definition) is 4. The van der Waals surface area contributed by atoms with Gasteiger partial charge in [-0.2, -0.15) is 5.26 Å². The van der Waals surface area contributed by atoms with Crippen LogP contribution in [0.2, 0.25) is 0 Å². The van der Waals surface area contributed by atoms with Gasteiger partial charge >= 0.3 is 0 Å². The molecule has 0 unspecified atom stereocenters. The van der Waals surface area contributed by atoms with E-state index in [9.17, 15) is 20.0 Å². The summed E-state index contributed by atoms with van der Waals surface area (Å²) < 4.78 is 0.981. The van der Waals surface area contributed by atoms with Crippen LogP contribution in [-0.2, 0) is 12.0 Å². The number of carbonyl (C=O) groups is 1. The molecule has 0 amide bonds. The number of ketones is 1. The van der Waals surface area contributed by atoms with Crippen molar-refractivity contribution in [1.29, 1.82) is 5.26 Å². The molecule has 0 atom stereocenters. The minimum atomic E-state index is -0.637. The molecule has 2 rings (SSSR count). The molecule has 1 N–H and O–H groups in total. The molecular weight excluding hydrogens is 328 g/mol. The van der Waals surface area contributed by atoms with Crippen LogP contribution in [0, 0.1) is 18.3 Å². The van der Waals surface area contributed by atoms with Gasteiger partial charge in [-0.1, -0.05) is 51.1 Å². The lowest BCUT2D eigenvalue weighted by atomic mass is 9.86. The van der Waals surface area contributed by atoms with Crippen LogP contribution in [0.25, 0.3) is 0 Å². The minimum absolute atomic E-state index is 0.00285. The summed E-state index contributed by atoms with van der Waals surface area (Å²) in [5.41, 5.74) is 0.756. The van der Waals surface area contributed by atoms with Gasteiger partial charge < -0.3 is 5.11 Å². The molecule has 26 heavy (non-hydrogen) atoms. The van der Waals surface area contributed by atoms with E-state index in [1.54, 1.807) is 12.1 Å². The maximum atomic E-state index is 13.0. The summed E-state index contributed by atoms with van der Waals surface area (Å²) in [7, 11) is 0. The normalized spacial score (nSPS) is 11.0. The van der Waals surface area contributed by atoms with Gasteiger partial charge in [-0.25, -0.2) is 0 Å². The third-order valence-electron chi connectivity index (χ3n) is 4.35. The molecular formula is C21H22N2O3. The lowest BCUT2D eigenvalue weighted by Gasteiger charge is -2.19. The Kier molecular flexibility index (Phi) is 5.17. The van der Waals surface area contributed by atoms with Crippen molar-refractivity contribution in [3.63, 3.8) is 0 Å². The van der Waals surface area contributed by atoms with Gasteiger partial charge in [-0.05, 0) is 23.5 Å². The highest BCUT2D eigenvalue weighted by molar-refractivity contribution is 6.11. The number of nitrogens with zero attached hydrogens (tertiary/aromatic N) is 2. The number of aromatic nitrogens is 1. The molecule has 5 nitrogen and oxygen atoms in total. The van der Waals surface area contributed by atoms with Crippen molar-refractivity contribution in [3.05, 3.63) is 75.1 Å². The highest BCUT2D eigenvalue weighted by Gasteiger charge is 2.25. The molecule has 134 valence electrons. The molecule has 0 spiro atoms. The quantitative estimate of drug-likeness (QED) is 0.676. The van der Waals surface area contributed by atoms with Gasteiger partial charge in [0.05, 0.1) is 5.56 Å². The fraction of sp³-hybridized carbons (Fsp3) is 0.286. The number of aromatic hydroxyl groups is 1. The first kappa shape index (κ1) is 19.2. The molecule has 0 saturated carbocycles. The van der Waals surface area contributed by atoms with Crippen molar-refractivity contribution in [2.75, 3.05) is 0 Å². The first-order valence-electron chi connectivity index (χ1n) is 8.26. The number of rotatable bonds is 4. The van der Waals surface area contributed by atoms with E-state index in [1.807, 2.05) is 18.2 Å². The fourth-order valence-electron chi connectivity index (χ4n) is 2.79. The molecule has 0 radical (unpaired) electrons. The predicted octanol–water partition coefficient (Wildman–Crippen LogP) is 3.45. The summed E-state index contributed by atoms with van der Waals surface area (Å²) in [6, 6.07) is 8.95. The van der Waals surface area contributed by atoms with E-state index in [1.165, 1.54) is 13.0 Å². The van der Waals surface area contributed by atoms with E-state index >= 15 is 0 Å². The van der Waals surface area contributed by atoms with E-state index in [-0.39, 0.29) is 28.7 Å². The Balaban J connectivity index is 2.66. The second kappa shape index (κ2) is 7.01. The van der Waals surface area contributed by atoms with Crippen LogP contribution >= 0.6 is 0 Å². The third kappa shape index (κ3) is 3.31. The van der Waals surface area contributed by atoms with Gasteiger partial charge in [0.15, 0.2) is 5.78 Å². The van der Waals surface area contributed by atoms with E-state index in [4.69, 9.17) is 0 Å². The van der Waals surface area contributed by atoms with Gasteiger partial charge in [-0.3, -0.25) is 14.2 Å². The van der Waals surface area contributed by atoms with Crippen molar-refractivity contribution >= 4 is 5.78 Å². The number of carbonyl (C=O) groups excluding carboxylic acids is 1. The molecule has 0 aliphatic carbocycles. The highest BCUT2D eigenvalue weighted by Crippen LogP contribution is 2.27. The number of pyridine rings is 1. The number of hydrogen-bond donors (Lipinski definition) is 1. The molecule has 0 aliphatic rings. The largest absolute Gasteiger partial charge is 0.494 e. The van der Waals surface area contributed by atoms with Crippen LogP contribution in [0.4, 0.5) is 0 Å². The van der Waals surface area contributed by atoms with Gasteiger partial charge in [0, 0.05) is 12.1 Å². The average molecular weight is 350 g/mol. The van der Waals surface area contributed by atoms with Gasteiger partial charge in [0.1, 0.15) is 11.6 Å². The van der Waals surface area contributed by atoms with Crippen LogP contribution in [0.1, 0.15) is 53.4 Å². The molecule has 2 aromatic rings. The van der Waals surface area contributed by atoms with Crippen molar-refractivity contribution in [3.8, 4) is 11.9 Å². The Morgan fingerprint density at radius 3 is 2.35 bits per heavy atom. The molecule has 1 heterocycles. The third-order valence-corrected chi connectivity index (χ3v) is 4.35. The lowest BCUT2D eigenvalue weighted by molar-refractivity contribution is 0.103. The minimum Gasteiger partial charge on any atom is -0.494 e. The Labute approximate surface area is 152 Å². The van der Waals surface area contributed by atoms with Crippen LogP contribution in [0.3, 0.4) is 0 Å². The molecule has 5 heteroatoms. The molecule has 0 saturated heterocycles. The summed E-state index contributed by atoms with van der Waals surface area (Å²) in [4.78, 5) is 25.3. The van der Waals surface area contributed by atoms with Gasteiger partial charge in [0.2, 0.25) is 5.88 Å². The molecule has 0 fully saturated rings. The van der Waals surface area contributed by atoms with Crippen molar-refractivity contribution < 1.29 is 9.90 Å². The number of nitriles is 1. The molecule has 0 aliphatic heterocycles. The summed E-state index contributed by atoms with van der Waals surface area (Å²) >= 11 is 0. The van der Waals surface area contributed by atoms with Crippen molar-refractivity contribution in [2.24, 2.45) is 0 Å². The van der Waals surface area contributed by atoms with E-state index in [0.29, 0.717) is 5.56 Å². The topological polar surface area (TPSA) is 83.1 Å². The maximum Gasteiger partial charge on any atom is 0.271 e. The van der Waals surface area contributed by atoms with Crippen LogP contribution < -0.4 is 5.56 Å². The first-order chi connectivity index (χ1) is 12.1. The Bertz CT molecular complexity index is 969.